The van der Waals surface area contributed by atoms with Crippen LogP contribution in [-0.2, 0) is 0 Å². The van der Waals surface area contributed by atoms with Crippen molar-refractivity contribution < 1.29 is 4.39 Å². The summed E-state index contributed by atoms with van der Waals surface area (Å²) >= 11 is 8.44. The predicted octanol–water partition coefficient (Wildman–Crippen LogP) is 3.04. The molecular weight excluding hydrogens is 206 g/mol. The van der Waals surface area contributed by atoms with Crippen LogP contribution in [-0.4, -0.2) is 0 Å². The Hall–Kier alpha value is -0.0800. The summed E-state index contributed by atoms with van der Waals surface area (Å²) in [6.07, 6.45) is 0. The minimum atomic E-state index is -0.445. The molecule has 0 saturated carbocycles. The SMILES string of the molecule is Fc1ccc(Br)[c]c1Cl. The van der Waals surface area contributed by atoms with Gasteiger partial charge in [-0.15, -0.1) is 0 Å². The number of benzene rings is 1. The summed E-state index contributed by atoms with van der Waals surface area (Å²) in [4.78, 5) is 0. The number of hydrogen-bond donors (Lipinski definition) is 0. The third-order valence-corrected chi connectivity index (χ3v) is 1.55. The van der Waals surface area contributed by atoms with Gasteiger partial charge in [-0.2, -0.15) is 0 Å². The summed E-state index contributed by atoms with van der Waals surface area (Å²) in [5, 5.41) is 0.0179. The van der Waals surface area contributed by atoms with Crippen molar-refractivity contribution in [1.29, 1.82) is 0 Å². The Labute approximate surface area is 65.8 Å². The van der Waals surface area contributed by atoms with Gasteiger partial charge in [0.1, 0.15) is 5.82 Å². The van der Waals surface area contributed by atoms with E-state index in [9.17, 15) is 4.39 Å². The van der Waals surface area contributed by atoms with Crippen molar-refractivity contribution in [2.75, 3.05) is 0 Å². The molecule has 0 aliphatic rings. The van der Waals surface area contributed by atoms with E-state index in [-0.39, 0.29) is 5.02 Å². The lowest BCUT2D eigenvalue weighted by Crippen LogP contribution is -1.74. The Kier molecular flexibility index (Phi) is 2.09. The van der Waals surface area contributed by atoms with Crippen LogP contribution in [0.1, 0.15) is 0 Å². The monoisotopic (exact) mass is 207 g/mol. The molecule has 0 heterocycles. The van der Waals surface area contributed by atoms with E-state index in [4.69, 9.17) is 11.6 Å². The zero-order valence-electron chi connectivity index (χ0n) is 4.29. The van der Waals surface area contributed by atoms with Crippen LogP contribution in [0.3, 0.4) is 0 Å². The molecule has 0 fully saturated rings. The van der Waals surface area contributed by atoms with Gasteiger partial charge in [0, 0.05) is 10.5 Å². The second-order valence-corrected chi connectivity index (χ2v) is 2.70. The van der Waals surface area contributed by atoms with Gasteiger partial charge in [0.2, 0.25) is 0 Å². The number of hydrogen-bond acceptors (Lipinski definition) is 0. The van der Waals surface area contributed by atoms with Crippen molar-refractivity contribution in [2.24, 2.45) is 0 Å². The number of halogens is 3. The summed E-state index contributed by atoms with van der Waals surface area (Å²) in [7, 11) is 0. The van der Waals surface area contributed by atoms with Crippen LogP contribution in [0.2, 0.25) is 5.02 Å². The lowest BCUT2D eigenvalue weighted by molar-refractivity contribution is 0.627. The van der Waals surface area contributed by atoms with Crippen LogP contribution in [0.4, 0.5) is 4.39 Å². The molecule has 0 aliphatic carbocycles. The van der Waals surface area contributed by atoms with Crippen molar-refractivity contribution in [3.63, 3.8) is 0 Å². The first-order chi connectivity index (χ1) is 4.20. The highest BCUT2D eigenvalue weighted by Crippen LogP contribution is 2.18. The van der Waals surface area contributed by atoms with Gasteiger partial charge in [-0.3, -0.25) is 0 Å². The highest BCUT2D eigenvalue weighted by Gasteiger charge is 1.97. The van der Waals surface area contributed by atoms with E-state index in [0.29, 0.717) is 4.47 Å². The number of rotatable bonds is 0. The maximum Gasteiger partial charge on any atom is 0.142 e. The van der Waals surface area contributed by atoms with Crippen molar-refractivity contribution >= 4 is 27.5 Å². The normalized spacial score (nSPS) is 9.67. The molecule has 1 radical (unpaired) electrons. The van der Waals surface area contributed by atoms with E-state index >= 15 is 0 Å². The Morgan fingerprint density at radius 3 is 2.67 bits per heavy atom. The van der Waals surface area contributed by atoms with Crippen molar-refractivity contribution in [3.05, 3.63) is 33.5 Å². The van der Waals surface area contributed by atoms with E-state index in [0.717, 1.165) is 0 Å². The summed E-state index contributed by atoms with van der Waals surface area (Å²) in [5.74, 6) is -0.445. The smallest absolute Gasteiger partial charge is 0.142 e. The maximum absolute atomic E-state index is 12.3. The molecule has 1 aromatic rings. The molecule has 3 heteroatoms. The molecule has 0 N–H and O–H groups in total. The lowest BCUT2D eigenvalue weighted by Gasteiger charge is -1.90. The largest absolute Gasteiger partial charge is 0.205 e. The fourth-order valence-corrected chi connectivity index (χ4v) is 1.04. The zero-order valence-corrected chi connectivity index (χ0v) is 6.63. The van der Waals surface area contributed by atoms with Gasteiger partial charge >= 0.3 is 0 Å². The van der Waals surface area contributed by atoms with Gasteiger partial charge in [0.05, 0.1) is 5.02 Å². The molecule has 1 aromatic carbocycles. The fraction of sp³-hybridized carbons (Fsp3) is 0. The Bertz CT molecular complexity index is 224. The van der Waals surface area contributed by atoms with Crippen LogP contribution in [0.15, 0.2) is 16.6 Å². The fourth-order valence-electron chi connectivity index (χ4n) is 0.426. The van der Waals surface area contributed by atoms with Crippen molar-refractivity contribution in [3.8, 4) is 0 Å². The zero-order chi connectivity index (χ0) is 6.85. The van der Waals surface area contributed by atoms with Gasteiger partial charge in [0.25, 0.3) is 0 Å². The van der Waals surface area contributed by atoms with Crippen LogP contribution in [0.25, 0.3) is 0 Å². The molecular formula is C6H2BrClF. The van der Waals surface area contributed by atoms with Gasteiger partial charge in [-0.05, 0) is 12.1 Å². The average molecular weight is 208 g/mol. The second kappa shape index (κ2) is 2.67. The third kappa shape index (κ3) is 1.66. The van der Waals surface area contributed by atoms with E-state index in [1.54, 1.807) is 6.07 Å². The van der Waals surface area contributed by atoms with Crippen LogP contribution < -0.4 is 0 Å². The molecule has 1 rings (SSSR count). The molecule has 0 spiro atoms. The van der Waals surface area contributed by atoms with Crippen LogP contribution in [0, 0.1) is 11.9 Å². The van der Waals surface area contributed by atoms with E-state index in [1.807, 2.05) is 0 Å². The van der Waals surface area contributed by atoms with Gasteiger partial charge < -0.3 is 0 Å². The quantitative estimate of drug-likeness (QED) is 0.575. The van der Waals surface area contributed by atoms with Gasteiger partial charge in [-0.1, -0.05) is 27.5 Å². The molecule has 0 aromatic heterocycles. The van der Waals surface area contributed by atoms with Gasteiger partial charge in [0.15, 0.2) is 0 Å². The first-order valence-electron chi connectivity index (χ1n) is 2.23. The first-order valence-corrected chi connectivity index (χ1v) is 3.40. The highest BCUT2D eigenvalue weighted by atomic mass is 79.9. The minimum absolute atomic E-state index is 0.0179. The topological polar surface area (TPSA) is 0 Å². The summed E-state index contributed by atoms with van der Waals surface area (Å²) in [5.41, 5.74) is 0. The Morgan fingerprint density at radius 1 is 1.56 bits per heavy atom. The maximum atomic E-state index is 12.3. The van der Waals surface area contributed by atoms with E-state index in [2.05, 4.69) is 22.0 Å². The van der Waals surface area contributed by atoms with E-state index in [1.165, 1.54) is 6.07 Å². The third-order valence-electron chi connectivity index (χ3n) is 0.815. The molecule has 0 saturated heterocycles. The molecule has 0 atom stereocenters. The Balaban J connectivity index is 3.17. The molecule has 9 heavy (non-hydrogen) atoms. The predicted molar refractivity (Wildman–Crippen MR) is 37.9 cm³/mol. The summed E-state index contributed by atoms with van der Waals surface area (Å²) < 4.78 is 13.0. The lowest BCUT2D eigenvalue weighted by atomic mass is 10.3. The molecule has 0 nitrogen and oxygen atoms in total. The van der Waals surface area contributed by atoms with Gasteiger partial charge in [-0.25, -0.2) is 4.39 Å². The molecule has 0 unspecified atom stereocenters. The Morgan fingerprint density at radius 2 is 2.22 bits per heavy atom. The standard InChI is InChI=1S/C6H2BrClF/c7-4-1-2-6(9)5(8)3-4/h1-2H. The molecule has 47 valence electrons. The van der Waals surface area contributed by atoms with Crippen molar-refractivity contribution in [2.45, 2.75) is 0 Å². The van der Waals surface area contributed by atoms with Crippen molar-refractivity contribution in [1.82, 2.24) is 0 Å². The summed E-state index contributed by atoms with van der Waals surface area (Å²) in [6, 6.07) is 5.37. The van der Waals surface area contributed by atoms with Crippen LogP contribution >= 0.6 is 27.5 Å². The molecule has 0 aliphatic heterocycles. The van der Waals surface area contributed by atoms with Crippen LogP contribution in [0.5, 0.6) is 0 Å². The summed E-state index contributed by atoms with van der Waals surface area (Å²) in [6.45, 7) is 0. The van der Waals surface area contributed by atoms with E-state index < -0.39 is 5.82 Å². The average Bonchev–Trinajstić information content (AvgIpc) is 1.80. The highest BCUT2D eigenvalue weighted by molar-refractivity contribution is 9.10. The second-order valence-electron chi connectivity index (χ2n) is 1.47. The minimum Gasteiger partial charge on any atom is -0.205 e. The molecule has 0 bridgehead atoms. The molecule has 0 amide bonds. The first kappa shape index (κ1) is 7.03.